The first kappa shape index (κ1) is 18.4. The molecule has 0 atom stereocenters. The Bertz CT molecular complexity index is 1090. The number of hydrogen-bond acceptors (Lipinski definition) is 4. The number of amides is 3. The highest BCUT2D eigenvalue weighted by Gasteiger charge is 2.36. The second-order valence-electron chi connectivity index (χ2n) is 6.65. The molecule has 0 bridgehead atoms. The summed E-state index contributed by atoms with van der Waals surface area (Å²) in [6.07, 6.45) is 0. The van der Waals surface area contributed by atoms with Gasteiger partial charge in [-0.2, -0.15) is 0 Å². The molecule has 0 saturated heterocycles. The van der Waals surface area contributed by atoms with Gasteiger partial charge in [0.1, 0.15) is 12.3 Å². The number of ether oxygens (including phenoxy) is 1. The predicted octanol–water partition coefficient (Wildman–Crippen LogP) is 4.02. The van der Waals surface area contributed by atoms with E-state index in [0.717, 1.165) is 10.5 Å². The molecule has 1 N–H and O–H groups in total. The Morgan fingerprint density at radius 2 is 1.38 bits per heavy atom. The number of para-hydroxylation sites is 3. The van der Waals surface area contributed by atoms with Crippen LogP contribution in [0.1, 0.15) is 26.3 Å². The highest BCUT2D eigenvalue weighted by atomic mass is 16.5. The Kier molecular flexibility index (Phi) is 4.83. The monoisotopic (exact) mass is 386 g/mol. The van der Waals surface area contributed by atoms with E-state index in [-0.39, 0.29) is 6.54 Å². The maximum absolute atomic E-state index is 12.6. The van der Waals surface area contributed by atoms with E-state index in [1.807, 2.05) is 31.2 Å². The molecule has 3 aromatic rings. The Morgan fingerprint density at radius 1 is 0.828 bits per heavy atom. The van der Waals surface area contributed by atoms with E-state index < -0.39 is 17.7 Å². The van der Waals surface area contributed by atoms with Crippen LogP contribution in [0.5, 0.6) is 11.5 Å². The first-order chi connectivity index (χ1) is 14.0. The maximum Gasteiger partial charge on any atom is 0.262 e. The van der Waals surface area contributed by atoms with Gasteiger partial charge in [0.2, 0.25) is 5.91 Å². The SMILES string of the molecule is Cc1ccccc1Oc1ccccc1NC(=O)CN1C(=O)c2ccccc2C1=O. The van der Waals surface area contributed by atoms with Gasteiger partial charge in [0.25, 0.3) is 11.8 Å². The highest BCUT2D eigenvalue weighted by molar-refractivity contribution is 6.22. The average Bonchev–Trinajstić information content (AvgIpc) is 2.96. The Hall–Kier alpha value is -3.93. The quantitative estimate of drug-likeness (QED) is 0.672. The summed E-state index contributed by atoms with van der Waals surface area (Å²) in [5.74, 6) is -0.275. The van der Waals surface area contributed by atoms with E-state index in [1.165, 1.54) is 0 Å². The van der Waals surface area contributed by atoms with Gasteiger partial charge >= 0.3 is 0 Å². The molecule has 4 rings (SSSR count). The first-order valence-electron chi connectivity index (χ1n) is 9.12. The van der Waals surface area contributed by atoms with Gasteiger partial charge in [-0.25, -0.2) is 0 Å². The topological polar surface area (TPSA) is 75.7 Å². The minimum Gasteiger partial charge on any atom is -0.455 e. The minimum atomic E-state index is -0.486. The van der Waals surface area contributed by atoms with Crippen molar-refractivity contribution in [3.8, 4) is 11.5 Å². The third-order valence-corrected chi connectivity index (χ3v) is 4.65. The molecular formula is C23H18N2O4. The van der Waals surface area contributed by atoms with Gasteiger partial charge in [-0.05, 0) is 42.8 Å². The molecular weight excluding hydrogens is 368 g/mol. The summed E-state index contributed by atoms with van der Waals surface area (Å²) >= 11 is 0. The van der Waals surface area contributed by atoms with E-state index in [9.17, 15) is 14.4 Å². The molecule has 1 aliphatic rings. The standard InChI is InChI=1S/C23H18N2O4/c1-15-8-2-6-12-19(15)29-20-13-7-5-11-18(20)24-21(26)14-25-22(27)16-9-3-4-10-17(16)23(25)28/h2-13H,14H2,1H3,(H,24,26). The number of rotatable bonds is 5. The van der Waals surface area contributed by atoms with Crippen LogP contribution in [0, 0.1) is 6.92 Å². The van der Waals surface area contributed by atoms with Crippen molar-refractivity contribution in [1.82, 2.24) is 4.90 Å². The molecule has 144 valence electrons. The van der Waals surface area contributed by atoms with Crippen LogP contribution < -0.4 is 10.1 Å². The van der Waals surface area contributed by atoms with Crippen LogP contribution in [-0.2, 0) is 4.79 Å². The van der Waals surface area contributed by atoms with Crippen molar-refractivity contribution in [1.29, 1.82) is 0 Å². The Balaban J connectivity index is 1.49. The molecule has 29 heavy (non-hydrogen) atoms. The number of nitrogens with one attached hydrogen (secondary N) is 1. The molecule has 0 spiro atoms. The molecule has 0 fully saturated rings. The zero-order valence-corrected chi connectivity index (χ0v) is 15.7. The molecule has 3 amide bonds. The molecule has 3 aromatic carbocycles. The van der Waals surface area contributed by atoms with Crippen LogP contribution in [0.15, 0.2) is 72.8 Å². The second kappa shape index (κ2) is 7.59. The predicted molar refractivity (Wildman–Crippen MR) is 108 cm³/mol. The summed E-state index contributed by atoms with van der Waals surface area (Å²) in [4.78, 5) is 38.4. The molecule has 6 heteroatoms. The van der Waals surface area contributed by atoms with E-state index >= 15 is 0 Å². The summed E-state index contributed by atoms with van der Waals surface area (Å²) in [5.41, 5.74) is 2.04. The van der Waals surface area contributed by atoms with Crippen LogP contribution >= 0.6 is 0 Å². The minimum absolute atomic E-state index is 0.314. The number of anilines is 1. The van der Waals surface area contributed by atoms with Gasteiger partial charge in [-0.1, -0.05) is 42.5 Å². The van der Waals surface area contributed by atoms with E-state index in [2.05, 4.69) is 5.32 Å². The summed E-state index contributed by atoms with van der Waals surface area (Å²) in [6.45, 7) is 1.56. The molecule has 6 nitrogen and oxygen atoms in total. The summed E-state index contributed by atoms with van der Waals surface area (Å²) in [5, 5.41) is 2.73. The summed E-state index contributed by atoms with van der Waals surface area (Å²) in [7, 11) is 0. The number of carbonyl (C=O) groups excluding carboxylic acids is 3. The van der Waals surface area contributed by atoms with Crippen molar-refractivity contribution in [3.05, 3.63) is 89.5 Å². The van der Waals surface area contributed by atoms with Gasteiger partial charge in [0.15, 0.2) is 5.75 Å². The lowest BCUT2D eigenvalue weighted by Crippen LogP contribution is -2.37. The van der Waals surface area contributed by atoms with Crippen LogP contribution in [-0.4, -0.2) is 29.2 Å². The van der Waals surface area contributed by atoms with Crippen LogP contribution in [0.3, 0.4) is 0 Å². The van der Waals surface area contributed by atoms with Crippen molar-refractivity contribution >= 4 is 23.4 Å². The van der Waals surface area contributed by atoms with Gasteiger partial charge < -0.3 is 10.1 Å². The molecule has 0 aromatic heterocycles. The molecule has 1 aliphatic heterocycles. The smallest absolute Gasteiger partial charge is 0.262 e. The second-order valence-corrected chi connectivity index (χ2v) is 6.65. The zero-order chi connectivity index (χ0) is 20.4. The van der Waals surface area contributed by atoms with Crippen LogP contribution in [0.2, 0.25) is 0 Å². The number of hydrogen-bond donors (Lipinski definition) is 1. The van der Waals surface area contributed by atoms with Gasteiger partial charge in [0, 0.05) is 0 Å². The van der Waals surface area contributed by atoms with Crippen molar-refractivity contribution in [3.63, 3.8) is 0 Å². The van der Waals surface area contributed by atoms with Gasteiger partial charge in [0.05, 0.1) is 16.8 Å². The van der Waals surface area contributed by atoms with Crippen LogP contribution in [0.4, 0.5) is 5.69 Å². The maximum atomic E-state index is 12.6. The summed E-state index contributed by atoms with van der Waals surface area (Å²) in [6, 6.07) is 21.1. The van der Waals surface area contributed by atoms with E-state index in [1.54, 1.807) is 48.5 Å². The molecule has 0 unspecified atom stereocenters. The third kappa shape index (κ3) is 3.60. The lowest BCUT2D eigenvalue weighted by Gasteiger charge is -2.16. The Morgan fingerprint density at radius 3 is 2.03 bits per heavy atom. The zero-order valence-electron chi connectivity index (χ0n) is 15.7. The fourth-order valence-corrected chi connectivity index (χ4v) is 3.16. The molecule has 0 radical (unpaired) electrons. The number of aryl methyl sites for hydroxylation is 1. The number of benzene rings is 3. The number of carbonyl (C=O) groups is 3. The van der Waals surface area contributed by atoms with E-state index in [4.69, 9.17) is 4.74 Å². The molecule has 0 saturated carbocycles. The summed E-state index contributed by atoms with van der Waals surface area (Å²) < 4.78 is 5.94. The third-order valence-electron chi connectivity index (χ3n) is 4.65. The van der Waals surface area contributed by atoms with Crippen molar-refractivity contribution in [2.75, 3.05) is 11.9 Å². The first-order valence-corrected chi connectivity index (χ1v) is 9.12. The van der Waals surface area contributed by atoms with Crippen molar-refractivity contribution in [2.24, 2.45) is 0 Å². The number of fused-ring (bicyclic) bond motifs is 1. The van der Waals surface area contributed by atoms with Gasteiger partial charge in [-0.15, -0.1) is 0 Å². The van der Waals surface area contributed by atoms with Crippen molar-refractivity contribution < 1.29 is 19.1 Å². The number of imide groups is 1. The molecule has 0 aliphatic carbocycles. The fourth-order valence-electron chi connectivity index (χ4n) is 3.16. The average molecular weight is 386 g/mol. The van der Waals surface area contributed by atoms with Crippen LogP contribution in [0.25, 0.3) is 0 Å². The Labute approximate surface area is 167 Å². The normalized spacial score (nSPS) is 12.7. The van der Waals surface area contributed by atoms with Gasteiger partial charge in [-0.3, -0.25) is 19.3 Å². The molecule has 1 heterocycles. The largest absolute Gasteiger partial charge is 0.455 e. The lowest BCUT2D eigenvalue weighted by molar-refractivity contribution is -0.116. The van der Waals surface area contributed by atoms with E-state index in [0.29, 0.717) is 28.3 Å². The number of nitrogens with zero attached hydrogens (tertiary/aromatic N) is 1. The fraction of sp³-hybridized carbons (Fsp3) is 0.0870. The lowest BCUT2D eigenvalue weighted by atomic mass is 10.1. The van der Waals surface area contributed by atoms with Crippen molar-refractivity contribution in [2.45, 2.75) is 6.92 Å². The highest BCUT2D eigenvalue weighted by Crippen LogP contribution is 2.31.